The quantitative estimate of drug-likeness (QED) is 0.872. The van der Waals surface area contributed by atoms with Gasteiger partial charge in [-0.3, -0.25) is 4.98 Å². The Hall–Kier alpha value is -1.24. The van der Waals surface area contributed by atoms with Crippen LogP contribution in [0.5, 0.6) is 0 Å². The lowest BCUT2D eigenvalue weighted by atomic mass is 9.89. The maximum atomic E-state index is 10.6. The summed E-state index contributed by atoms with van der Waals surface area (Å²) in [6.07, 6.45) is 7.14. The fourth-order valence-electron chi connectivity index (χ4n) is 3.53. The summed E-state index contributed by atoms with van der Waals surface area (Å²) in [5.74, 6) is 1.35. The Morgan fingerprint density at radius 3 is 2.64 bits per heavy atom. The molecule has 6 nitrogen and oxygen atoms in total. The van der Waals surface area contributed by atoms with E-state index in [1.165, 1.54) is 0 Å². The second-order valence-corrected chi connectivity index (χ2v) is 6.43. The minimum absolute atomic E-state index is 0.455. The Bertz CT molecular complexity index is 483. The van der Waals surface area contributed by atoms with E-state index in [2.05, 4.69) is 20.2 Å². The first-order valence-corrected chi connectivity index (χ1v) is 8.21. The third kappa shape index (κ3) is 3.56. The normalized spacial score (nSPS) is 23.4. The second kappa shape index (κ2) is 6.89. The highest BCUT2D eigenvalue weighted by Crippen LogP contribution is 2.31. The van der Waals surface area contributed by atoms with Gasteiger partial charge in [0.25, 0.3) is 0 Å². The lowest BCUT2D eigenvalue weighted by Crippen LogP contribution is -2.48. The van der Waals surface area contributed by atoms with Crippen molar-refractivity contribution in [2.24, 2.45) is 0 Å². The molecule has 3 rings (SSSR count). The summed E-state index contributed by atoms with van der Waals surface area (Å²) in [5, 5.41) is 13.8. The Balaban J connectivity index is 1.56. The van der Waals surface area contributed by atoms with Crippen LogP contribution in [0.4, 0.5) is 5.82 Å². The van der Waals surface area contributed by atoms with E-state index in [-0.39, 0.29) is 0 Å². The van der Waals surface area contributed by atoms with Crippen LogP contribution in [-0.2, 0) is 4.74 Å². The molecule has 2 saturated heterocycles. The Morgan fingerprint density at radius 2 is 1.95 bits per heavy atom. The molecule has 0 spiro atoms. The summed E-state index contributed by atoms with van der Waals surface area (Å²) in [6, 6.07) is 0. The number of nitrogens with one attached hydrogen (secondary N) is 1. The first kappa shape index (κ1) is 15.6. The smallest absolute Gasteiger partial charge is 0.147 e. The van der Waals surface area contributed by atoms with Crippen molar-refractivity contribution in [3.8, 4) is 0 Å². The largest absolute Gasteiger partial charge is 0.388 e. The molecule has 2 aliphatic rings. The van der Waals surface area contributed by atoms with Crippen molar-refractivity contribution in [3.05, 3.63) is 18.1 Å². The van der Waals surface area contributed by atoms with Crippen molar-refractivity contribution in [2.75, 3.05) is 45.2 Å². The predicted molar refractivity (Wildman–Crippen MR) is 85.0 cm³/mol. The van der Waals surface area contributed by atoms with Crippen LogP contribution in [0, 0.1) is 0 Å². The summed E-state index contributed by atoms with van der Waals surface area (Å²) in [4.78, 5) is 11.3. The van der Waals surface area contributed by atoms with Crippen molar-refractivity contribution < 1.29 is 9.84 Å². The Kier molecular flexibility index (Phi) is 4.90. The first-order valence-electron chi connectivity index (χ1n) is 8.21. The number of anilines is 1. The van der Waals surface area contributed by atoms with Crippen molar-refractivity contribution in [3.63, 3.8) is 0 Å². The lowest BCUT2D eigenvalue weighted by Gasteiger charge is -2.39. The zero-order chi connectivity index (χ0) is 15.4. The standard InChI is InChI=1S/C16H26N4O2/c1-17-15-14(18-6-7-19-15)13-2-8-20(9-3-13)12-16(21)4-10-22-11-5-16/h6-7,13,21H,2-5,8-12H2,1H3,(H,17,19). The van der Waals surface area contributed by atoms with Gasteiger partial charge in [-0.25, -0.2) is 4.98 Å². The van der Waals surface area contributed by atoms with Crippen molar-refractivity contribution >= 4 is 5.82 Å². The minimum Gasteiger partial charge on any atom is -0.388 e. The van der Waals surface area contributed by atoms with Crippen LogP contribution in [0.15, 0.2) is 12.4 Å². The number of hydrogen-bond donors (Lipinski definition) is 2. The fraction of sp³-hybridized carbons (Fsp3) is 0.750. The monoisotopic (exact) mass is 306 g/mol. The van der Waals surface area contributed by atoms with E-state index < -0.39 is 5.60 Å². The molecule has 0 aliphatic carbocycles. The third-order valence-corrected chi connectivity index (χ3v) is 4.88. The average molecular weight is 306 g/mol. The van der Waals surface area contributed by atoms with Gasteiger partial charge >= 0.3 is 0 Å². The van der Waals surface area contributed by atoms with Gasteiger partial charge in [0.05, 0.1) is 11.3 Å². The SMILES string of the molecule is CNc1nccnc1C1CCN(CC2(O)CCOCC2)CC1. The number of β-amino-alcohol motifs (C(OH)–C–C–N with tert-alkyl or cyclic N) is 1. The number of piperidine rings is 1. The van der Waals surface area contributed by atoms with Crippen LogP contribution < -0.4 is 5.32 Å². The van der Waals surface area contributed by atoms with E-state index >= 15 is 0 Å². The molecule has 0 radical (unpaired) electrons. The molecule has 0 bridgehead atoms. The maximum Gasteiger partial charge on any atom is 0.147 e. The second-order valence-electron chi connectivity index (χ2n) is 6.43. The van der Waals surface area contributed by atoms with Crippen LogP contribution in [0.25, 0.3) is 0 Å². The maximum absolute atomic E-state index is 10.6. The molecule has 0 atom stereocenters. The summed E-state index contributed by atoms with van der Waals surface area (Å²) in [6.45, 7) is 4.14. The van der Waals surface area contributed by atoms with Gasteiger partial charge in [-0.05, 0) is 25.9 Å². The molecule has 2 N–H and O–H groups in total. The van der Waals surface area contributed by atoms with Gasteiger partial charge in [0.2, 0.25) is 0 Å². The van der Waals surface area contributed by atoms with Crippen LogP contribution in [0.3, 0.4) is 0 Å². The summed E-state index contributed by atoms with van der Waals surface area (Å²) < 4.78 is 5.35. The molecule has 0 amide bonds. The van der Waals surface area contributed by atoms with Crippen LogP contribution in [-0.4, -0.2) is 65.5 Å². The highest BCUT2D eigenvalue weighted by Gasteiger charge is 2.33. The summed E-state index contributed by atoms with van der Waals surface area (Å²) in [7, 11) is 1.89. The predicted octanol–water partition coefficient (Wildman–Crippen LogP) is 1.24. The number of rotatable bonds is 4. The van der Waals surface area contributed by atoms with E-state index in [0.717, 1.165) is 56.8 Å². The van der Waals surface area contributed by atoms with E-state index in [1.807, 2.05) is 7.05 Å². The average Bonchev–Trinajstić information content (AvgIpc) is 2.56. The molecular formula is C16H26N4O2. The molecule has 6 heteroatoms. The molecule has 0 saturated carbocycles. The van der Waals surface area contributed by atoms with Crippen molar-refractivity contribution in [1.82, 2.24) is 14.9 Å². The number of aromatic nitrogens is 2. The molecule has 3 heterocycles. The van der Waals surface area contributed by atoms with E-state index in [1.54, 1.807) is 12.4 Å². The molecule has 1 aromatic heterocycles. The molecule has 22 heavy (non-hydrogen) atoms. The van der Waals surface area contributed by atoms with Crippen LogP contribution in [0.1, 0.15) is 37.3 Å². The first-order chi connectivity index (χ1) is 10.7. The molecule has 2 fully saturated rings. The molecule has 2 aliphatic heterocycles. The van der Waals surface area contributed by atoms with Gasteiger partial charge in [0.15, 0.2) is 0 Å². The topological polar surface area (TPSA) is 70.5 Å². The summed E-state index contributed by atoms with van der Waals surface area (Å²) >= 11 is 0. The minimum atomic E-state index is -0.562. The van der Waals surface area contributed by atoms with E-state index in [9.17, 15) is 5.11 Å². The van der Waals surface area contributed by atoms with Crippen LogP contribution >= 0.6 is 0 Å². The molecule has 0 unspecified atom stereocenters. The van der Waals surface area contributed by atoms with Gasteiger partial charge < -0.3 is 20.1 Å². The van der Waals surface area contributed by atoms with Crippen LogP contribution in [0.2, 0.25) is 0 Å². The fourth-order valence-corrected chi connectivity index (χ4v) is 3.53. The van der Waals surface area contributed by atoms with Gasteiger partial charge in [0.1, 0.15) is 5.82 Å². The van der Waals surface area contributed by atoms with Gasteiger partial charge in [0, 0.05) is 58.0 Å². The number of likely N-dealkylation sites (tertiary alicyclic amines) is 1. The highest BCUT2D eigenvalue weighted by atomic mass is 16.5. The van der Waals surface area contributed by atoms with Crippen molar-refractivity contribution in [1.29, 1.82) is 0 Å². The molecule has 122 valence electrons. The summed E-state index contributed by atoms with van der Waals surface area (Å²) in [5.41, 5.74) is 0.516. The highest BCUT2D eigenvalue weighted by molar-refractivity contribution is 5.40. The van der Waals surface area contributed by atoms with E-state index in [4.69, 9.17) is 4.74 Å². The third-order valence-electron chi connectivity index (χ3n) is 4.88. The number of ether oxygens (including phenoxy) is 1. The molecular weight excluding hydrogens is 280 g/mol. The zero-order valence-corrected chi connectivity index (χ0v) is 13.3. The molecule has 0 aromatic carbocycles. The lowest BCUT2D eigenvalue weighted by molar-refractivity contribution is -0.0821. The van der Waals surface area contributed by atoms with Gasteiger partial charge in [-0.15, -0.1) is 0 Å². The number of nitrogens with zero attached hydrogens (tertiary/aromatic N) is 3. The van der Waals surface area contributed by atoms with Crippen molar-refractivity contribution in [2.45, 2.75) is 37.2 Å². The Morgan fingerprint density at radius 1 is 1.27 bits per heavy atom. The van der Waals surface area contributed by atoms with E-state index in [0.29, 0.717) is 19.1 Å². The van der Waals surface area contributed by atoms with Gasteiger partial charge in [-0.1, -0.05) is 0 Å². The van der Waals surface area contributed by atoms with Gasteiger partial charge in [-0.2, -0.15) is 0 Å². The Labute approximate surface area is 131 Å². The molecule has 1 aromatic rings. The number of hydrogen-bond acceptors (Lipinski definition) is 6. The zero-order valence-electron chi connectivity index (χ0n) is 13.3. The number of aliphatic hydroxyl groups is 1.